The number of alkyl carbamates (subject to hydrolysis) is 1. The number of nitrogens with zero attached hydrogens (tertiary/aromatic N) is 1. The highest BCUT2D eigenvalue weighted by Gasteiger charge is 2.35. The number of amides is 2. The summed E-state index contributed by atoms with van der Waals surface area (Å²) in [5.74, 6) is 2.66. The van der Waals surface area contributed by atoms with Crippen LogP contribution in [0.4, 0.5) is 4.79 Å². The maximum Gasteiger partial charge on any atom is 0.407 e. The summed E-state index contributed by atoms with van der Waals surface area (Å²) in [7, 11) is 0. The molecule has 6 heteroatoms. The second-order valence-corrected chi connectivity index (χ2v) is 12.1. The van der Waals surface area contributed by atoms with Crippen molar-refractivity contribution in [3.8, 4) is 0 Å². The van der Waals surface area contributed by atoms with Gasteiger partial charge in [-0.05, 0) is 83.5 Å². The lowest BCUT2D eigenvalue weighted by molar-refractivity contribution is -0.138. The van der Waals surface area contributed by atoms with Crippen molar-refractivity contribution in [3.63, 3.8) is 0 Å². The van der Waals surface area contributed by atoms with Crippen LogP contribution in [0, 0.1) is 23.7 Å². The predicted octanol–water partition coefficient (Wildman–Crippen LogP) is 5.51. The maximum absolute atomic E-state index is 12.9. The first-order valence-corrected chi connectivity index (χ1v) is 13.0. The van der Waals surface area contributed by atoms with E-state index in [0.717, 1.165) is 57.2 Å². The highest BCUT2D eigenvalue weighted by molar-refractivity contribution is 9.09. The summed E-state index contributed by atoms with van der Waals surface area (Å²) in [6, 6.07) is 0. The van der Waals surface area contributed by atoms with Crippen LogP contribution in [0.25, 0.3) is 0 Å². The third-order valence-electron chi connectivity index (χ3n) is 7.23. The molecule has 2 aliphatic carbocycles. The van der Waals surface area contributed by atoms with E-state index in [1.54, 1.807) is 0 Å². The second-order valence-electron chi connectivity index (χ2n) is 10.8. The average Bonchev–Trinajstić information content (AvgIpc) is 2.71. The third-order valence-corrected chi connectivity index (χ3v) is 8.07. The fraction of sp³-hybridized carbons (Fsp3) is 0.917. The largest absolute Gasteiger partial charge is 0.444 e. The van der Waals surface area contributed by atoms with Gasteiger partial charge in [0.15, 0.2) is 0 Å². The van der Waals surface area contributed by atoms with Crippen LogP contribution in [-0.2, 0) is 9.53 Å². The van der Waals surface area contributed by atoms with E-state index in [4.69, 9.17) is 4.74 Å². The fourth-order valence-electron chi connectivity index (χ4n) is 5.69. The summed E-state index contributed by atoms with van der Waals surface area (Å²) in [5.41, 5.74) is -0.447. The normalized spacial score (nSPS) is 31.3. The molecule has 0 aromatic heterocycles. The van der Waals surface area contributed by atoms with E-state index in [2.05, 4.69) is 26.1 Å². The van der Waals surface area contributed by atoms with Crippen molar-refractivity contribution in [2.45, 2.75) is 95.4 Å². The summed E-state index contributed by atoms with van der Waals surface area (Å²) < 4.78 is 5.37. The van der Waals surface area contributed by atoms with Crippen LogP contribution < -0.4 is 5.32 Å². The van der Waals surface area contributed by atoms with Crippen molar-refractivity contribution in [1.82, 2.24) is 10.2 Å². The number of carbonyl (C=O) groups excluding carboxylic acids is 2. The highest BCUT2D eigenvalue weighted by atomic mass is 79.9. The van der Waals surface area contributed by atoms with Crippen LogP contribution >= 0.6 is 15.9 Å². The second kappa shape index (κ2) is 10.7. The number of rotatable bonds is 4. The molecule has 0 bridgehead atoms. The number of piperidine rings is 1. The predicted molar refractivity (Wildman–Crippen MR) is 124 cm³/mol. The molecule has 4 atom stereocenters. The summed E-state index contributed by atoms with van der Waals surface area (Å²) in [5, 5.41) is 2.98. The van der Waals surface area contributed by atoms with Gasteiger partial charge in [0.25, 0.3) is 0 Å². The van der Waals surface area contributed by atoms with Crippen LogP contribution in [-0.4, -0.2) is 47.0 Å². The number of carbonyl (C=O) groups is 2. The van der Waals surface area contributed by atoms with Gasteiger partial charge in [0.1, 0.15) is 5.60 Å². The average molecular weight is 486 g/mol. The molecule has 2 saturated carbocycles. The zero-order valence-corrected chi connectivity index (χ0v) is 20.7. The van der Waals surface area contributed by atoms with Crippen molar-refractivity contribution in [3.05, 3.63) is 0 Å². The van der Waals surface area contributed by atoms with E-state index >= 15 is 0 Å². The molecule has 4 unspecified atom stereocenters. The van der Waals surface area contributed by atoms with Crippen molar-refractivity contribution >= 4 is 27.9 Å². The molecular formula is C24H41BrN2O3. The van der Waals surface area contributed by atoms with Gasteiger partial charge >= 0.3 is 6.09 Å². The van der Waals surface area contributed by atoms with Crippen LogP contribution in [0.15, 0.2) is 0 Å². The molecule has 0 spiro atoms. The quantitative estimate of drug-likeness (QED) is 0.535. The fourth-order valence-corrected chi connectivity index (χ4v) is 6.47. The summed E-state index contributed by atoms with van der Waals surface area (Å²) in [6.07, 6.45) is 11.4. The van der Waals surface area contributed by atoms with Crippen molar-refractivity contribution in [2.75, 3.05) is 19.6 Å². The first-order chi connectivity index (χ1) is 14.2. The van der Waals surface area contributed by atoms with Crippen LogP contribution in [0.3, 0.4) is 0 Å². The topological polar surface area (TPSA) is 58.6 Å². The van der Waals surface area contributed by atoms with Crippen molar-refractivity contribution in [2.24, 2.45) is 23.7 Å². The van der Waals surface area contributed by atoms with Gasteiger partial charge in [-0.1, -0.05) is 35.2 Å². The molecule has 30 heavy (non-hydrogen) atoms. The number of likely N-dealkylation sites (tertiary alicyclic amines) is 1. The van der Waals surface area contributed by atoms with Crippen molar-refractivity contribution in [1.29, 1.82) is 0 Å². The minimum absolute atomic E-state index is 0.234. The maximum atomic E-state index is 12.9. The number of alkyl halides is 1. The van der Waals surface area contributed by atoms with Gasteiger partial charge in [-0.15, -0.1) is 0 Å². The monoisotopic (exact) mass is 484 g/mol. The summed E-state index contributed by atoms with van der Waals surface area (Å²) in [6.45, 7) is 8.28. The number of halogens is 1. The van der Waals surface area contributed by atoms with Crippen LogP contribution in [0.5, 0.6) is 0 Å². The van der Waals surface area contributed by atoms with E-state index in [1.807, 2.05) is 20.8 Å². The first-order valence-electron chi connectivity index (χ1n) is 12.1. The van der Waals surface area contributed by atoms with E-state index in [0.29, 0.717) is 16.7 Å². The van der Waals surface area contributed by atoms with E-state index in [9.17, 15) is 9.59 Å². The van der Waals surface area contributed by atoms with Gasteiger partial charge < -0.3 is 15.0 Å². The molecule has 0 aromatic rings. The number of hydrogen-bond acceptors (Lipinski definition) is 3. The summed E-state index contributed by atoms with van der Waals surface area (Å²) >= 11 is 3.72. The number of hydrogen-bond donors (Lipinski definition) is 1. The van der Waals surface area contributed by atoms with Gasteiger partial charge in [0, 0.05) is 30.4 Å². The molecule has 172 valence electrons. The van der Waals surface area contributed by atoms with Crippen molar-refractivity contribution < 1.29 is 14.3 Å². The highest BCUT2D eigenvalue weighted by Crippen LogP contribution is 2.39. The lowest BCUT2D eigenvalue weighted by Gasteiger charge is -2.41. The molecule has 1 saturated heterocycles. The smallest absolute Gasteiger partial charge is 0.407 e. The van der Waals surface area contributed by atoms with Crippen LogP contribution in [0.1, 0.15) is 85.0 Å². The van der Waals surface area contributed by atoms with E-state index in [-0.39, 0.29) is 12.0 Å². The number of ether oxygens (including phenoxy) is 1. The Hall–Kier alpha value is -0.780. The Balaban J connectivity index is 1.40. The van der Waals surface area contributed by atoms with Gasteiger partial charge in [-0.3, -0.25) is 4.79 Å². The Bertz CT molecular complexity index is 583. The van der Waals surface area contributed by atoms with E-state index < -0.39 is 5.60 Å². The molecule has 1 aliphatic heterocycles. The minimum Gasteiger partial charge on any atom is -0.444 e. The first kappa shape index (κ1) is 23.9. The molecule has 5 nitrogen and oxygen atoms in total. The number of nitrogens with one attached hydrogen (secondary N) is 1. The Morgan fingerprint density at radius 2 is 1.67 bits per heavy atom. The van der Waals surface area contributed by atoms with Gasteiger partial charge in [-0.2, -0.15) is 0 Å². The lowest BCUT2D eigenvalue weighted by atomic mass is 9.72. The van der Waals surface area contributed by atoms with Gasteiger partial charge in [-0.25, -0.2) is 4.79 Å². The molecule has 3 aliphatic rings. The lowest BCUT2D eigenvalue weighted by Crippen LogP contribution is -2.44. The molecule has 3 rings (SSSR count). The molecular weight excluding hydrogens is 444 g/mol. The standard InChI is InChI=1S/C24H41BrN2O3/c1-24(2,3)30-23(29)26-16-17-6-4-7-19(14-17)18-10-12-27(13-11-18)22(28)20-8-5-9-21(25)15-20/h17-21H,4-16H2,1-3H3,(H,26,29). The molecule has 1 N–H and O–H groups in total. The molecule has 0 radical (unpaired) electrons. The molecule has 2 amide bonds. The molecule has 0 aromatic carbocycles. The zero-order chi connectivity index (χ0) is 21.7. The Morgan fingerprint density at radius 3 is 2.33 bits per heavy atom. The molecule has 1 heterocycles. The molecule has 3 fully saturated rings. The Kier molecular flexibility index (Phi) is 8.51. The van der Waals surface area contributed by atoms with Gasteiger partial charge in [0.05, 0.1) is 0 Å². The Morgan fingerprint density at radius 1 is 0.967 bits per heavy atom. The van der Waals surface area contributed by atoms with Gasteiger partial charge in [0.2, 0.25) is 5.91 Å². The Labute approximate surface area is 191 Å². The van der Waals surface area contributed by atoms with E-state index in [1.165, 1.54) is 38.5 Å². The minimum atomic E-state index is -0.447. The third kappa shape index (κ3) is 7.13. The zero-order valence-electron chi connectivity index (χ0n) is 19.1. The summed E-state index contributed by atoms with van der Waals surface area (Å²) in [4.78, 5) is 27.6. The van der Waals surface area contributed by atoms with Crippen LogP contribution in [0.2, 0.25) is 0 Å². The SMILES string of the molecule is CC(C)(C)OC(=O)NCC1CCCC(C2CCN(C(=O)C3CCCC(Br)C3)CC2)C1.